The van der Waals surface area contributed by atoms with Gasteiger partial charge in [-0.25, -0.2) is 0 Å². The van der Waals surface area contributed by atoms with E-state index in [9.17, 15) is 14.4 Å². The van der Waals surface area contributed by atoms with E-state index in [1.165, 1.54) is 11.3 Å². The lowest BCUT2D eigenvalue weighted by Gasteiger charge is -2.31. The molecule has 0 radical (unpaired) electrons. The highest BCUT2D eigenvalue weighted by Crippen LogP contribution is 2.39. The number of carbonyl (C=O) groups is 3. The molecule has 5 rings (SSSR count). The number of anilines is 2. The minimum absolute atomic E-state index is 0.0737. The largest absolute Gasteiger partial charge is 0.370 e. The monoisotopic (exact) mass is 502 g/mol. The number of carbonyl (C=O) groups excluding carboxylic acids is 3. The Labute approximate surface area is 207 Å². The molecule has 34 heavy (non-hydrogen) atoms. The molecule has 2 aromatic rings. The molecule has 1 aromatic carbocycles. The summed E-state index contributed by atoms with van der Waals surface area (Å²) in [5.41, 5.74) is 1.43. The number of nitrogens with one attached hydrogen (secondary N) is 2. The highest BCUT2D eigenvalue weighted by Gasteiger charge is 2.45. The van der Waals surface area contributed by atoms with Gasteiger partial charge >= 0.3 is 0 Å². The third-order valence-corrected chi connectivity index (χ3v) is 7.51. The van der Waals surface area contributed by atoms with Crippen LogP contribution in [0.25, 0.3) is 0 Å². The maximum Gasteiger partial charge on any atom is 0.261 e. The van der Waals surface area contributed by atoms with E-state index < -0.39 is 6.04 Å². The van der Waals surface area contributed by atoms with Crippen molar-refractivity contribution in [1.29, 1.82) is 0 Å². The fraction of sp³-hybridized carbons (Fsp3) is 0.458. The van der Waals surface area contributed by atoms with E-state index in [-0.39, 0.29) is 30.9 Å². The molecule has 2 aliphatic carbocycles. The maximum absolute atomic E-state index is 13.4. The first-order valence-corrected chi connectivity index (χ1v) is 12.8. The van der Waals surface area contributed by atoms with Crippen LogP contribution in [0.1, 0.15) is 35.4 Å². The number of hydrogen-bond acceptors (Lipinski definition) is 6. The van der Waals surface area contributed by atoms with Gasteiger partial charge in [-0.15, -0.1) is 11.3 Å². The number of benzene rings is 1. The highest BCUT2D eigenvalue weighted by molar-refractivity contribution is 7.18. The van der Waals surface area contributed by atoms with Crippen molar-refractivity contribution in [2.45, 2.75) is 43.8 Å². The quantitative estimate of drug-likeness (QED) is 0.549. The van der Waals surface area contributed by atoms with E-state index in [0.29, 0.717) is 40.1 Å². The molecular weight excluding hydrogens is 476 g/mol. The van der Waals surface area contributed by atoms with Crippen LogP contribution in [-0.4, -0.2) is 67.1 Å². The fourth-order valence-electron chi connectivity index (χ4n) is 4.34. The smallest absolute Gasteiger partial charge is 0.261 e. The molecule has 1 aliphatic heterocycles. The average molecular weight is 503 g/mol. The lowest BCUT2D eigenvalue weighted by atomic mass is 10.1. The van der Waals surface area contributed by atoms with Crippen molar-refractivity contribution in [1.82, 2.24) is 10.2 Å². The summed E-state index contributed by atoms with van der Waals surface area (Å²) >= 11 is 7.19. The molecule has 8 nitrogen and oxygen atoms in total. The summed E-state index contributed by atoms with van der Waals surface area (Å²) in [5.74, 6) is -0.435. The molecule has 3 fully saturated rings. The summed E-state index contributed by atoms with van der Waals surface area (Å²) < 4.78 is 5.74. The second-order valence-corrected chi connectivity index (χ2v) is 10.6. The van der Waals surface area contributed by atoms with E-state index in [1.54, 1.807) is 29.2 Å². The van der Waals surface area contributed by atoms with Crippen molar-refractivity contribution in [3.05, 3.63) is 45.6 Å². The van der Waals surface area contributed by atoms with E-state index in [0.717, 1.165) is 31.4 Å². The van der Waals surface area contributed by atoms with Gasteiger partial charge in [-0.2, -0.15) is 0 Å². The van der Waals surface area contributed by atoms with Crippen LogP contribution in [0, 0.1) is 0 Å². The molecule has 1 aromatic heterocycles. The van der Waals surface area contributed by atoms with Crippen LogP contribution >= 0.6 is 22.9 Å². The number of morpholine rings is 1. The Morgan fingerprint density at radius 1 is 1.12 bits per heavy atom. The zero-order valence-corrected chi connectivity index (χ0v) is 20.2. The van der Waals surface area contributed by atoms with Crippen LogP contribution in [0.3, 0.4) is 0 Å². The Morgan fingerprint density at radius 2 is 1.82 bits per heavy atom. The molecule has 180 valence electrons. The molecule has 10 heteroatoms. The number of thiophene rings is 1. The van der Waals surface area contributed by atoms with Gasteiger partial charge in [0.2, 0.25) is 5.91 Å². The molecule has 3 amide bonds. The minimum Gasteiger partial charge on any atom is -0.370 e. The number of ether oxygens (including phenoxy) is 1. The zero-order chi connectivity index (χ0) is 23.7. The first-order chi connectivity index (χ1) is 16.5. The normalized spacial score (nSPS) is 19.2. The van der Waals surface area contributed by atoms with Crippen LogP contribution in [0.2, 0.25) is 4.34 Å². The molecule has 1 saturated heterocycles. The van der Waals surface area contributed by atoms with Crippen molar-refractivity contribution < 1.29 is 19.1 Å². The summed E-state index contributed by atoms with van der Waals surface area (Å²) in [6.07, 6.45) is 4.32. The van der Waals surface area contributed by atoms with E-state index in [2.05, 4.69) is 15.5 Å². The molecule has 1 atom stereocenters. The Kier molecular flexibility index (Phi) is 6.87. The fourth-order valence-corrected chi connectivity index (χ4v) is 5.30. The third-order valence-electron chi connectivity index (χ3n) is 6.28. The number of amides is 3. The van der Waals surface area contributed by atoms with Gasteiger partial charge in [0.1, 0.15) is 12.6 Å². The highest BCUT2D eigenvalue weighted by atomic mass is 35.5. The van der Waals surface area contributed by atoms with Crippen LogP contribution in [-0.2, 0) is 14.3 Å². The number of halogens is 1. The summed E-state index contributed by atoms with van der Waals surface area (Å²) in [4.78, 5) is 42.6. The first kappa shape index (κ1) is 23.3. The van der Waals surface area contributed by atoms with Crippen molar-refractivity contribution in [3.8, 4) is 0 Å². The number of nitrogens with zero attached hydrogens (tertiary/aromatic N) is 2. The lowest BCUT2D eigenvalue weighted by molar-refractivity contribution is -0.125. The maximum atomic E-state index is 13.4. The predicted molar refractivity (Wildman–Crippen MR) is 132 cm³/mol. The van der Waals surface area contributed by atoms with Crippen molar-refractivity contribution in [2.75, 3.05) is 36.5 Å². The van der Waals surface area contributed by atoms with Gasteiger partial charge < -0.3 is 20.3 Å². The van der Waals surface area contributed by atoms with Crippen LogP contribution in [0.4, 0.5) is 11.4 Å². The van der Waals surface area contributed by atoms with Crippen LogP contribution in [0.5, 0.6) is 0 Å². The van der Waals surface area contributed by atoms with Crippen LogP contribution in [0.15, 0.2) is 36.4 Å². The number of rotatable bonds is 9. The van der Waals surface area contributed by atoms with Gasteiger partial charge in [0.15, 0.2) is 0 Å². The molecule has 0 bridgehead atoms. The average Bonchev–Trinajstić information content (AvgIpc) is 3.77. The van der Waals surface area contributed by atoms with E-state index in [4.69, 9.17) is 16.3 Å². The molecule has 3 aliphatic rings. The summed E-state index contributed by atoms with van der Waals surface area (Å²) in [6.45, 7) is 1.34. The van der Waals surface area contributed by atoms with Crippen LogP contribution < -0.4 is 15.5 Å². The van der Waals surface area contributed by atoms with Crippen molar-refractivity contribution >= 4 is 52.0 Å². The van der Waals surface area contributed by atoms with E-state index in [1.807, 2.05) is 12.1 Å². The van der Waals surface area contributed by atoms with Gasteiger partial charge in [-0.1, -0.05) is 11.6 Å². The van der Waals surface area contributed by atoms with Crippen molar-refractivity contribution in [3.63, 3.8) is 0 Å². The lowest BCUT2D eigenvalue weighted by Crippen LogP contribution is -2.52. The van der Waals surface area contributed by atoms with Gasteiger partial charge in [-0.3, -0.25) is 19.3 Å². The Hall–Kier alpha value is -2.46. The Balaban J connectivity index is 1.27. The molecule has 2 saturated carbocycles. The molecule has 2 N–H and O–H groups in total. The predicted octanol–water partition coefficient (Wildman–Crippen LogP) is 3.13. The molecule has 2 heterocycles. The SMILES string of the molecule is O=C(NC[C@H](C(=O)Nc1ccc(N2CCOCC2=O)cc1)N(C1CC1)C1CC1)c1ccc(Cl)s1. The van der Waals surface area contributed by atoms with Crippen molar-refractivity contribution in [2.24, 2.45) is 0 Å². The second-order valence-electron chi connectivity index (χ2n) is 8.87. The second kappa shape index (κ2) is 10.0. The molecular formula is C24H27ClN4O4S. The van der Waals surface area contributed by atoms with Gasteiger partial charge in [0, 0.05) is 36.5 Å². The zero-order valence-electron chi connectivity index (χ0n) is 18.7. The Morgan fingerprint density at radius 3 is 2.41 bits per heavy atom. The minimum atomic E-state index is -0.458. The Bertz CT molecular complexity index is 1060. The summed E-state index contributed by atoms with van der Waals surface area (Å²) in [7, 11) is 0. The first-order valence-electron chi connectivity index (χ1n) is 11.6. The van der Waals surface area contributed by atoms with Gasteiger partial charge in [-0.05, 0) is 62.1 Å². The van der Waals surface area contributed by atoms with E-state index >= 15 is 0 Å². The van der Waals surface area contributed by atoms with Gasteiger partial charge in [0.05, 0.1) is 15.8 Å². The summed E-state index contributed by atoms with van der Waals surface area (Å²) in [6, 6.07) is 11.0. The van der Waals surface area contributed by atoms with Gasteiger partial charge in [0.25, 0.3) is 11.8 Å². The summed E-state index contributed by atoms with van der Waals surface area (Å²) in [5, 5.41) is 5.95. The topological polar surface area (TPSA) is 91.0 Å². The number of hydrogen-bond donors (Lipinski definition) is 2. The standard InChI is InChI=1S/C24H27ClN4O4S/c25-21-10-9-20(34-21)24(32)26-13-19(29(17-5-6-17)18-7-8-18)23(31)27-15-1-3-16(4-2-15)28-11-12-33-14-22(28)30/h1-4,9-10,17-19H,5-8,11-14H2,(H,26,32)(H,27,31)/t19-/m1/s1. The molecule has 0 spiro atoms. The molecule has 0 unspecified atom stereocenters. The third kappa shape index (κ3) is 5.43.